The van der Waals surface area contributed by atoms with Gasteiger partial charge >= 0.3 is 0 Å². The van der Waals surface area contributed by atoms with Crippen molar-refractivity contribution >= 4 is 22.4 Å². The Bertz CT molecular complexity index is 1030. The quantitative estimate of drug-likeness (QED) is 0.481. The average molecular weight is 369 g/mol. The Hall–Kier alpha value is -3.47. The van der Waals surface area contributed by atoms with E-state index in [4.69, 9.17) is 9.97 Å². The van der Waals surface area contributed by atoms with Crippen molar-refractivity contribution in [1.29, 1.82) is 0 Å². The Morgan fingerprint density at radius 2 is 1.61 bits per heavy atom. The highest BCUT2D eigenvalue weighted by molar-refractivity contribution is 5.90. The van der Waals surface area contributed by atoms with Crippen LogP contribution >= 0.6 is 0 Å². The number of nitrogens with zero attached hydrogens (tertiary/aromatic N) is 4. The monoisotopic (exact) mass is 369 g/mol. The molecule has 0 unspecified atom stereocenters. The summed E-state index contributed by atoms with van der Waals surface area (Å²) in [5.41, 5.74) is 3.08. The summed E-state index contributed by atoms with van der Waals surface area (Å²) in [5, 5.41) is 4.53. The Balaban J connectivity index is 1.53. The second kappa shape index (κ2) is 8.48. The standard InChI is InChI=1S/C23H23N5/c1-28(17-7-14-25-19-8-3-2-4-9-19)23-20-10-5-6-11-21(20)26-22(27-23)18-12-15-24-16-13-18/h2-6,8-13,15-16,25H,7,14,17H2,1H3. The van der Waals surface area contributed by atoms with Crippen LogP contribution in [0.4, 0.5) is 11.5 Å². The summed E-state index contributed by atoms with van der Waals surface area (Å²) in [5.74, 6) is 1.68. The third-order valence-electron chi connectivity index (χ3n) is 4.66. The lowest BCUT2D eigenvalue weighted by atomic mass is 10.2. The van der Waals surface area contributed by atoms with Crippen LogP contribution in [0.3, 0.4) is 0 Å². The number of fused-ring (bicyclic) bond motifs is 1. The highest BCUT2D eigenvalue weighted by Crippen LogP contribution is 2.26. The number of nitrogens with one attached hydrogen (secondary N) is 1. The molecule has 0 saturated carbocycles. The number of pyridine rings is 1. The van der Waals surface area contributed by atoms with Crippen molar-refractivity contribution in [2.24, 2.45) is 0 Å². The summed E-state index contributed by atoms with van der Waals surface area (Å²) in [6.45, 7) is 1.81. The average Bonchev–Trinajstić information content (AvgIpc) is 2.77. The van der Waals surface area contributed by atoms with E-state index in [9.17, 15) is 0 Å². The third-order valence-corrected chi connectivity index (χ3v) is 4.66. The topological polar surface area (TPSA) is 53.9 Å². The number of anilines is 2. The van der Waals surface area contributed by atoms with Crippen molar-refractivity contribution in [3.05, 3.63) is 79.1 Å². The first-order valence-electron chi connectivity index (χ1n) is 9.48. The first-order valence-corrected chi connectivity index (χ1v) is 9.48. The molecule has 0 aliphatic carbocycles. The first kappa shape index (κ1) is 17.9. The van der Waals surface area contributed by atoms with E-state index in [-0.39, 0.29) is 0 Å². The summed E-state index contributed by atoms with van der Waals surface area (Å²) in [4.78, 5) is 15.9. The molecule has 0 spiro atoms. The summed E-state index contributed by atoms with van der Waals surface area (Å²) in [6, 6.07) is 22.3. The van der Waals surface area contributed by atoms with Crippen molar-refractivity contribution in [2.45, 2.75) is 6.42 Å². The van der Waals surface area contributed by atoms with Crippen LogP contribution in [0.25, 0.3) is 22.3 Å². The molecule has 140 valence electrons. The van der Waals surface area contributed by atoms with Gasteiger partial charge in [0.15, 0.2) is 5.82 Å². The molecular weight excluding hydrogens is 346 g/mol. The van der Waals surface area contributed by atoms with E-state index in [0.29, 0.717) is 0 Å². The lowest BCUT2D eigenvalue weighted by Gasteiger charge is -2.21. The van der Waals surface area contributed by atoms with E-state index in [2.05, 4.69) is 40.4 Å². The maximum Gasteiger partial charge on any atom is 0.162 e. The van der Waals surface area contributed by atoms with Crippen LogP contribution in [0.15, 0.2) is 79.1 Å². The fraction of sp³-hybridized carbons (Fsp3) is 0.174. The van der Waals surface area contributed by atoms with Gasteiger partial charge in [0.05, 0.1) is 5.52 Å². The number of hydrogen-bond donors (Lipinski definition) is 1. The largest absolute Gasteiger partial charge is 0.385 e. The highest BCUT2D eigenvalue weighted by atomic mass is 15.2. The van der Waals surface area contributed by atoms with Gasteiger partial charge < -0.3 is 10.2 Å². The predicted molar refractivity (Wildman–Crippen MR) is 116 cm³/mol. The smallest absolute Gasteiger partial charge is 0.162 e. The molecule has 1 N–H and O–H groups in total. The van der Waals surface area contributed by atoms with E-state index in [1.165, 1.54) is 0 Å². The van der Waals surface area contributed by atoms with E-state index < -0.39 is 0 Å². The molecule has 4 rings (SSSR count). The number of hydrogen-bond acceptors (Lipinski definition) is 5. The molecule has 0 bridgehead atoms. The summed E-state index contributed by atoms with van der Waals surface area (Å²) in [6.07, 6.45) is 4.55. The van der Waals surface area contributed by atoms with Gasteiger partial charge in [0.2, 0.25) is 0 Å². The Morgan fingerprint density at radius 1 is 0.857 bits per heavy atom. The minimum Gasteiger partial charge on any atom is -0.385 e. The maximum atomic E-state index is 4.87. The van der Waals surface area contributed by atoms with Gasteiger partial charge in [-0.15, -0.1) is 0 Å². The van der Waals surface area contributed by atoms with Crippen LogP contribution in [0.2, 0.25) is 0 Å². The van der Waals surface area contributed by atoms with Gasteiger partial charge in [-0.1, -0.05) is 30.3 Å². The zero-order valence-corrected chi connectivity index (χ0v) is 15.9. The molecule has 0 atom stereocenters. The molecule has 0 amide bonds. The molecule has 0 aliphatic heterocycles. The van der Waals surface area contributed by atoms with Crippen molar-refractivity contribution in [3.63, 3.8) is 0 Å². The fourth-order valence-corrected chi connectivity index (χ4v) is 3.19. The van der Waals surface area contributed by atoms with Crippen LogP contribution in [0.1, 0.15) is 6.42 Å². The van der Waals surface area contributed by atoms with Crippen LogP contribution in [-0.2, 0) is 0 Å². The van der Waals surface area contributed by atoms with Gasteiger partial charge in [0.25, 0.3) is 0 Å². The molecule has 4 aromatic rings. The molecule has 2 aromatic heterocycles. The number of aromatic nitrogens is 3. The van der Waals surface area contributed by atoms with E-state index in [1.54, 1.807) is 12.4 Å². The molecule has 0 radical (unpaired) electrons. The molecule has 0 saturated heterocycles. The van der Waals surface area contributed by atoms with Crippen molar-refractivity contribution < 1.29 is 0 Å². The lowest BCUT2D eigenvalue weighted by Crippen LogP contribution is -2.22. The Morgan fingerprint density at radius 3 is 2.43 bits per heavy atom. The van der Waals surface area contributed by atoms with Crippen LogP contribution in [-0.4, -0.2) is 35.1 Å². The molecule has 2 aromatic carbocycles. The number of rotatable bonds is 7. The van der Waals surface area contributed by atoms with Crippen molar-refractivity contribution in [1.82, 2.24) is 15.0 Å². The fourth-order valence-electron chi connectivity index (χ4n) is 3.19. The molecule has 5 heteroatoms. The molecule has 5 nitrogen and oxygen atoms in total. The van der Waals surface area contributed by atoms with Crippen molar-refractivity contribution in [3.8, 4) is 11.4 Å². The molecular formula is C23H23N5. The zero-order valence-electron chi connectivity index (χ0n) is 15.9. The van der Waals surface area contributed by atoms with Crippen LogP contribution in [0, 0.1) is 0 Å². The van der Waals surface area contributed by atoms with E-state index >= 15 is 0 Å². The van der Waals surface area contributed by atoms with E-state index in [1.807, 2.05) is 48.5 Å². The molecule has 28 heavy (non-hydrogen) atoms. The van der Waals surface area contributed by atoms with E-state index in [0.717, 1.165) is 53.3 Å². The van der Waals surface area contributed by atoms with Gasteiger partial charge in [-0.05, 0) is 42.8 Å². The van der Waals surface area contributed by atoms with Crippen LogP contribution < -0.4 is 10.2 Å². The summed E-state index contributed by atoms with van der Waals surface area (Å²) < 4.78 is 0. The molecule has 0 aliphatic rings. The van der Waals surface area contributed by atoms with Gasteiger partial charge in [-0.25, -0.2) is 9.97 Å². The Labute approximate surface area is 165 Å². The van der Waals surface area contributed by atoms with Crippen molar-refractivity contribution in [2.75, 3.05) is 30.4 Å². The maximum absolute atomic E-state index is 4.87. The third kappa shape index (κ3) is 4.09. The zero-order chi connectivity index (χ0) is 19.2. The lowest BCUT2D eigenvalue weighted by molar-refractivity contribution is 0.808. The second-order valence-electron chi connectivity index (χ2n) is 6.69. The SMILES string of the molecule is CN(CCCNc1ccccc1)c1nc(-c2ccncc2)nc2ccccc12. The predicted octanol–water partition coefficient (Wildman–Crippen LogP) is 4.63. The molecule has 2 heterocycles. The number of para-hydroxylation sites is 2. The van der Waals surface area contributed by atoms with Gasteiger partial charge in [-0.3, -0.25) is 4.98 Å². The molecule has 0 fully saturated rings. The first-order chi connectivity index (χ1) is 13.8. The minimum absolute atomic E-state index is 0.727. The number of benzene rings is 2. The minimum atomic E-state index is 0.727. The van der Waals surface area contributed by atoms with Gasteiger partial charge in [0, 0.05) is 49.2 Å². The second-order valence-corrected chi connectivity index (χ2v) is 6.69. The Kier molecular flexibility index (Phi) is 5.43. The normalized spacial score (nSPS) is 10.8. The summed E-state index contributed by atoms with van der Waals surface area (Å²) >= 11 is 0. The highest BCUT2D eigenvalue weighted by Gasteiger charge is 2.12. The van der Waals surface area contributed by atoms with Gasteiger partial charge in [0.1, 0.15) is 5.82 Å². The van der Waals surface area contributed by atoms with Crippen LogP contribution in [0.5, 0.6) is 0 Å². The van der Waals surface area contributed by atoms with Gasteiger partial charge in [-0.2, -0.15) is 0 Å². The summed E-state index contributed by atoms with van der Waals surface area (Å²) in [7, 11) is 2.09.